The van der Waals surface area contributed by atoms with Crippen LogP contribution < -0.4 is 0 Å². The highest BCUT2D eigenvalue weighted by Gasteiger charge is 1.95. The largest absolute Gasteiger partial charge is 0.103 e. The van der Waals surface area contributed by atoms with Crippen molar-refractivity contribution < 1.29 is 0 Å². The summed E-state index contributed by atoms with van der Waals surface area (Å²) in [6.45, 7) is 29.8. The summed E-state index contributed by atoms with van der Waals surface area (Å²) in [7, 11) is 0. The molecule has 104 valence electrons. The van der Waals surface area contributed by atoms with Crippen molar-refractivity contribution in [3.8, 4) is 0 Å². The van der Waals surface area contributed by atoms with Crippen molar-refractivity contribution in [1.82, 2.24) is 0 Å². The molecular weight excluding hydrogens is 204 g/mol. The maximum absolute atomic E-state index is 3.36. The number of hydrogen-bond donors (Lipinski definition) is 0. The van der Waals surface area contributed by atoms with Gasteiger partial charge in [0.05, 0.1) is 0 Å². The Kier molecular flexibility index (Phi) is 63.5. The highest BCUT2D eigenvalue weighted by atomic mass is 14.0. The van der Waals surface area contributed by atoms with Crippen LogP contribution in [-0.4, -0.2) is 0 Å². The van der Waals surface area contributed by atoms with E-state index >= 15 is 0 Å². The lowest BCUT2D eigenvalue weighted by molar-refractivity contribution is 0.469. The third-order valence-corrected chi connectivity index (χ3v) is 0. The first-order valence-corrected chi connectivity index (χ1v) is 5.94. The monoisotopic (exact) mass is 240 g/mol. The Balaban J connectivity index is -0.0000000362. The van der Waals surface area contributed by atoms with Crippen LogP contribution in [0.3, 0.4) is 0 Å². The zero-order valence-corrected chi connectivity index (χ0v) is 13.6. The average Bonchev–Trinajstić information content (AvgIpc) is 2.04. The Morgan fingerprint density at radius 1 is 0.529 bits per heavy atom. The van der Waals surface area contributed by atoms with Gasteiger partial charge in [0, 0.05) is 0 Å². The Hall–Kier alpha value is -1.04. The quantitative estimate of drug-likeness (QED) is 0.407. The first-order valence-electron chi connectivity index (χ1n) is 5.94. The molecule has 0 atom stereocenters. The Morgan fingerprint density at radius 3 is 0.529 bits per heavy atom. The molecule has 17 heavy (non-hydrogen) atoms. The van der Waals surface area contributed by atoms with Crippen molar-refractivity contribution in [3.05, 3.63) is 50.6 Å². The second kappa shape index (κ2) is 36.3. The van der Waals surface area contributed by atoms with E-state index < -0.39 is 0 Å². The smallest absolute Gasteiger partial charge is 0.0411 e. The first-order chi connectivity index (χ1) is 7.66. The fourth-order valence-electron chi connectivity index (χ4n) is 0. The second-order valence-corrected chi connectivity index (χ2v) is 4.63. The van der Waals surface area contributed by atoms with Gasteiger partial charge < -0.3 is 0 Å². The molecule has 0 fully saturated rings. The first kappa shape index (κ1) is 29.7. The maximum atomic E-state index is 3.36. The van der Waals surface area contributed by atoms with E-state index in [1.165, 1.54) is 0 Å². The van der Waals surface area contributed by atoms with Gasteiger partial charge in [-0.1, -0.05) is 52.0 Å². The van der Waals surface area contributed by atoms with Crippen molar-refractivity contribution in [1.29, 1.82) is 0 Å². The van der Waals surface area contributed by atoms with Crippen molar-refractivity contribution in [2.75, 3.05) is 0 Å². The van der Waals surface area contributed by atoms with Gasteiger partial charge in [0.2, 0.25) is 0 Å². The zero-order chi connectivity index (χ0) is 15.3. The van der Waals surface area contributed by atoms with Crippen LogP contribution in [0.4, 0.5) is 0 Å². The number of hydrogen-bond acceptors (Lipinski definition) is 0. The summed E-state index contributed by atoms with van der Waals surface area (Å²) in [5, 5.41) is 0. The lowest BCUT2D eigenvalue weighted by atomic mass is 10.0. The van der Waals surface area contributed by atoms with E-state index in [-0.39, 0.29) is 0 Å². The summed E-state index contributed by atoms with van der Waals surface area (Å²) >= 11 is 0. The minimum absolute atomic E-state index is 0.500. The van der Waals surface area contributed by atoms with Gasteiger partial charge in [-0.2, -0.15) is 0 Å². The van der Waals surface area contributed by atoms with Crippen LogP contribution >= 0.6 is 0 Å². The summed E-state index contributed by atoms with van der Waals surface area (Å²) in [5.41, 5.74) is 0.500. The molecule has 0 aromatic rings. The van der Waals surface area contributed by atoms with Crippen LogP contribution in [0.25, 0.3) is 0 Å². The fraction of sp³-hybridized carbons (Fsp3) is 0.529. The van der Waals surface area contributed by atoms with E-state index in [9.17, 15) is 0 Å². The zero-order valence-electron chi connectivity index (χ0n) is 13.6. The molecule has 0 saturated heterocycles. The molecule has 0 aliphatic rings. The van der Waals surface area contributed by atoms with E-state index in [0.717, 1.165) is 0 Å². The van der Waals surface area contributed by atoms with Gasteiger partial charge >= 0.3 is 0 Å². The predicted molar refractivity (Wildman–Crippen MR) is 88.6 cm³/mol. The van der Waals surface area contributed by atoms with Gasteiger partial charge in [0.1, 0.15) is 0 Å². The normalized spacial score (nSPS) is 6.59. The van der Waals surface area contributed by atoms with E-state index in [1.54, 1.807) is 24.3 Å². The Bertz CT molecular complexity index is 103. The van der Waals surface area contributed by atoms with Gasteiger partial charge in [0.15, 0.2) is 0 Å². The van der Waals surface area contributed by atoms with Crippen LogP contribution in [-0.2, 0) is 0 Å². The van der Waals surface area contributed by atoms with Gasteiger partial charge in [-0.05, 0) is 33.1 Å². The van der Waals surface area contributed by atoms with E-state index in [0.29, 0.717) is 5.41 Å². The minimum Gasteiger partial charge on any atom is -0.103 e. The standard InChI is InChI=1S/C5H12.4C3H6/c1-5(2,3)4;4*1-3-2/h1-4H3;4*3H,1H2,2H3. The van der Waals surface area contributed by atoms with Gasteiger partial charge in [-0.15, -0.1) is 26.3 Å². The molecule has 0 aliphatic carbocycles. The summed E-state index contributed by atoms with van der Waals surface area (Å²) in [4.78, 5) is 0. The molecule has 0 bridgehead atoms. The lowest BCUT2D eigenvalue weighted by Crippen LogP contribution is -1.93. The maximum Gasteiger partial charge on any atom is -0.0411 e. The Labute approximate surface area is 112 Å². The van der Waals surface area contributed by atoms with Crippen molar-refractivity contribution >= 4 is 0 Å². The molecule has 0 saturated carbocycles. The summed E-state index contributed by atoms with van der Waals surface area (Å²) < 4.78 is 0. The molecule has 0 heterocycles. The number of rotatable bonds is 0. The molecule has 0 aromatic carbocycles. The lowest BCUT2D eigenvalue weighted by Gasteiger charge is -2.05. The highest BCUT2D eigenvalue weighted by molar-refractivity contribution is 4.52. The van der Waals surface area contributed by atoms with E-state index in [1.807, 2.05) is 27.7 Å². The fourth-order valence-corrected chi connectivity index (χ4v) is 0. The van der Waals surface area contributed by atoms with Crippen LogP contribution in [0.2, 0.25) is 0 Å². The number of allylic oxidation sites excluding steroid dienone is 4. The summed E-state index contributed by atoms with van der Waals surface area (Å²) in [6, 6.07) is 0. The highest BCUT2D eigenvalue weighted by Crippen LogP contribution is 2.07. The predicted octanol–water partition coefficient (Wildman–Crippen LogP) is 6.82. The molecule has 0 unspecified atom stereocenters. The molecule has 0 nitrogen and oxygen atoms in total. The molecule has 0 heteroatoms. The molecule has 0 rings (SSSR count). The van der Waals surface area contributed by atoms with Gasteiger partial charge in [-0.3, -0.25) is 0 Å². The van der Waals surface area contributed by atoms with E-state index in [2.05, 4.69) is 54.0 Å². The van der Waals surface area contributed by atoms with Crippen molar-refractivity contribution in [2.24, 2.45) is 5.41 Å². The average molecular weight is 240 g/mol. The SMILES string of the molecule is C=CC.C=CC.C=CC.C=CC.CC(C)(C)C. The van der Waals surface area contributed by atoms with Crippen molar-refractivity contribution in [3.63, 3.8) is 0 Å². The van der Waals surface area contributed by atoms with Crippen LogP contribution in [0.15, 0.2) is 50.6 Å². The van der Waals surface area contributed by atoms with Crippen molar-refractivity contribution in [2.45, 2.75) is 55.4 Å². The minimum atomic E-state index is 0.500. The topological polar surface area (TPSA) is 0 Å². The molecule has 0 amide bonds. The van der Waals surface area contributed by atoms with Gasteiger partial charge in [-0.25, -0.2) is 0 Å². The molecule has 0 spiro atoms. The van der Waals surface area contributed by atoms with E-state index in [4.69, 9.17) is 0 Å². The van der Waals surface area contributed by atoms with Crippen LogP contribution in [0.5, 0.6) is 0 Å². The molecule has 0 radical (unpaired) electrons. The van der Waals surface area contributed by atoms with Gasteiger partial charge in [0.25, 0.3) is 0 Å². The van der Waals surface area contributed by atoms with Crippen LogP contribution in [0.1, 0.15) is 55.4 Å². The second-order valence-electron chi connectivity index (χ2n) is 4.63. The molecule has 0 N–H and O–H groups in total. The molecular formula is C17H36. The molecule has 0 aliphatic heterocycles. The van der Waals surface area contributed by atoms with Crippen LogP contribution in [0, 0.1) is 5.41 Å². The third kappa shape index (κ3) is 2320. The Morgan fingerprint density at radius 2 is 0.529 bits per heavy atom. The third-order valence-electron chi connectivity index (χ3n) is 0. The summed E-state index contributed by atoms with van der Waals surface area (Å²) in [5.74, 6) is 0. The summed E-state index contributed by atoms with van der Waals surface area (Å²) in [6.07, 6.45) is 7.00. The molecule has 0 aromatic heterocycles.